The summed E-state index contributed by atoms with van der Waals surface area (Å²) in [4.78, 5) is 25.5. The fraction of sp³-hybridized carbons (Fsp3) is 0.333. The molecule has 1 fully saturated rings. The highest BCUT2D eigenvalue weighted by atomic mass is 16.3. The van der Waals surface area contributed by atoms with E-state index < -0.39 is 0 Å². The maximum Gasteiger partial charge on any atom is 0.289 e. The minimum absolute atomic E-state index is 0.0124. The maximum atomic E-state index is 12.5. The van der Waals surface area contributed by atoms with E-state index in [0.29, 0.717) is 31.8 Å². The van der Waals surface area contributed by atoms with E-state index in [4.69, 9.17) is 4.42 Å². The molecule has 20 heavy (non-hydrogen) atoms. The number of rotatable bonds is 1. The Balaban J connectivity index is 1.92. The van der Waals surface area contributed by atoms with E-state index >= 15 is 0 Å². The van der Waals surface area contributed by atoms with E-state index in [2.05, 4.69) is 5.32 Å². The number of nitrogens with zero attached hydrogens (tertiary/aromatic N) is 1. The summed E-state index contributed by atoms with van der Waals surface area (Å²) in [7, 11) is 0. The smallest absolute Gasteiger partial charge is 0.289 e. The third-order valence-electron chi connectivity index (χ3n) is 3.64. The van der Waals surface area contributed by atoms with Gasteiger partial charge >= 0.3 is 0 Å². The van der Waals surface area contributed by atoms with Crippen molar-refractivity contribution >= 4 is 22.8 Å². The van der Waals surface area contributed by atoms with Crippen LogP contribution in [0.4, 0.5) is 0 Å². The van der Waals surface area contributed by atoms with Gasteiger partial charge in [-0.15, -0.1) is 0 Å². The van der Waals surface area contributed by atoms with Gasteiger partial charge in [-0.1, -0.05) is 18.2 Å². The number of amides is 2. The topological polar surface area (TPSA) is 62.6 Å². The van der Waals surface area contributed by atoms with Gasteiger partial charge in [0.25, 0.3) is 5.91 Å². The number of hydrogen-bond acceptors (Lipinski definition) is 3. The second kappa shape index (κ2) is 5.00. The Morgan fingerprint density at radius 2 is 2.10 bits per heavy atom. The van der Waals surface area contributed by atoms with E-state index in [-0.39, 0.29) is 11.8 Å². The Morgan fingerprint density at radius 1 is 1.30 bits per heavy atom. The van der Waals surface area contributed by atoms with Crippen molar-refractivity contribution in [2.75, 3.05) is 19.6 Å². The number of nitrogens with one attached hydrogen (secondary N) is 1. The summed E-state index contributed by atoms with van der Waals surface area (Å²) in [5, 5.41) is 3.72. The Hall–Kier alpha value is -2.30. The van der Waals surface area contributed by atoms with Crippen LogP contribution >= 0.6 is 0 Å². The van der Waals surface area contributed by atoms with Gasteiger partial charge in [0.05, 0.1) is 0 Å². The van der Waals surface area contributed by atoms with Crippen LogP contribution in [-0.2, 0) is 4.79 Å². The molecule has 0 atom stereocenters. The van der Waals surface area contributed by atoms with E-state index in [1.165, 1.54) is 0 Å². The molecule has 0 unspecified atom stereocenters. The van der Waals surface area contributed by atoms with E-state index in [1.807, 2.05) is 31.2 Å². The number of para-hydroxylation sites is 1. The van der Waals surface area contributed by atoms with Crippen LogP contribution in [0, 0.1) is 6.92 Å². The molecule has 1 aliphatic rings. The average molecular weight is 272 g/mol. The zero-order chi connectivity index (χ0) is 14.1. The first-order valence-corrected chi connectivity index (χ1v) is 6.71. The van der Waals surface area contributed by atoms with Crippen LogP contribution in [0.15, 0.2) is 28.7 Å². The van der Waals surface area contributed by atoms with Gasteiger partial charge in [-0.25, -0.2) is 0 Å². The van der Waals surface area contributed by atoms with Crippen molar-refractivity contribution in [3.8, 4) is 0 Å². The lowest BCUT2D eigenvalue weighted by Gasteiger charge is -2.18. The van der Waals surface area contributed by atoms with Crippen LogP contribution in [0.3, 0.4) is 0 Å². The summed E-state index contributed by atoms with van der Waals surface area (Å²) in [5.74, 6) is 0.220. The molecule has 5 nitrogen and oxygen atoms in total. The number of carbonyl (C=O) groups is 2. The van der Waals surface area contributed by atoms with Crippen LogP contribution < -0.4 is 5.32 Å². The molecule has 3 rings (SSSR count). The first-order chi connectivity index (χ1) is 9.66. The summed E-state index contributed by atoms with van der Waals surface area (Å²) in [5.41, 5.74) is 1.58. The molecular weight excluding hydrogens is 256 g/mol. The molecule has 0 bridgehead atoms. The lowest BCUT2D eigenvalue weighted by atomic mass is 10.1. The van der Waals surface area contributed by atoms with Crippen LogP contribution in [-0.4, -0.2) is 36.3 Å². The Labute approximate surface area is 116 Å². The van der Waals surface area contributed by atoms with Gasteiger partial charge in [0.15, 0.2) is 5.76 Å². The molecule has 0 saturated carbocycles. The Morgan fingerprint density at radius 3 is 2.90 bits per heavy atom. The quantitative estimate of drug-likeness (QED) is 0.859. The van der Waals surface area contributed by atoms with Crippen LogP contribution in [0.5, 0.6) is 0 Å². The summed E-state index contributed by atoms with van der Waals surface area (Å²) < 4.78 is 5.68. The van der Waals surface area contributed by atoms with Gasteiger partial charge in [-0.2, -0.15) is 0 Å². The first-order valence-electron chi connectivity index (χ1n) is 6.71. The number of furan rings is 1. The predicted molar refractivity (Wildman–Crippen MR) is 74.5 cm³/mol. The number of fused-ring (bicyclic) bond motifs is 1. The van der Waals surface area contributed by atoms with E-state index in [1.54, 1.807) is 4.90 Å². The predicted octanol–water partition coefficient (Wildman–Crippen LogP) is 1.70. The second-order valence-corrected chi connectivity index (χ2v) is 4.94. The number of benzene rings is 1. The number of hydrogen-bond donors (Lipinski definition) is 1. The minimum atomic E-state index is -0.143. The zero-order valence-electron chi connectivity index (χ0n) is 11.3. The molecule has 0 spiro atoms. The highest BCUT2D eigenvalue weighted by molar-refractivity contribution is 5.99. The second-order valence-electron chi connectivity index (χ2n) is 4.94. The maximum absolute atomic E-state index is 12.5. The van der Waals surface area contributed by atoms with E-state index in [9.17, 15) is 9.59 Å². The highest BCUT2D eigenvalue weighted by Gasteiger charge is 2.24. The van der Waals surface area contributed by atoms with E-state index in [0.717, 1.165) is 16.5 Å². The van der Waals surface area contributed by atoms with Crippen molar-refractivity contribution in [1.29, 1.82) is 0 Å². The molecule has 1 aliphatic heterocycles. The number of carbonyl (C=O) groups excluding carboxylic acids is 2. The molecule has 104 valence electrons. The van der Waals surface area contributed by atoms with Crippen molar-refractivity contribution < 1.29 is 14.0 Å². The Bertz CT molecular complexity index is 675. The molecule has 0 aliphatic carbocycles. The fourth-order valence-corrected chi connectivity index (χ4v) is 2.49. The summed E-state index contributed by atoms with van der Waals surface area (Å²) in [6, 6.07) is 7.60. The van der Waals surface area contributed by atoms with Gasteiger partial charge in [-0.3, -0.25) is 9.59 Å². The van der Waals surface area contributed by atoms with Gasteiger partial charge in [-0.05, 0) is 13.0 Å². The monoisotopic (exact) mass is 272 g/mol. The lowest BCUT2D eigenvalue weighted by molar-refractivity contribution is -0.120. The normalized spacial score (nSPS) is 16.1. The molecule has 2 heterocycles. The molecule has 5 heteroatoms. The third kappa shape index (κ3) is 2.15. The Kier molecular flexibility index (Phi) is 3.18. The summed E-state index contributed by atoms with van der Waals surface area (Å²) >= 11 is 0. The van der Waals surface area contributed by atoms with Crippen LogP contribution in [0.1, 0.15) is 22.5 Å². The van der Waals surface area contributed by atoms with Crippen LogP contribution in [0.25, 0.3) is 11.0 Å². The SMILES string of the molecule is Cc1c(C(=O)N2CCNC(=O)CC2)oc2ccccc12. The lowest BCUT2D eigenvalue weighted by Crippen LogP contribution is -2.34. The number of aryl methyl sites for hydroxylation is 1. The first kappa shape index (κ1) is 12.7. The fourth-order valence-electron chi connectivity index (χ4n) is 2.49. The van der Waals surface area contributed by atoms with Gasteiger partial charge in [0, 0.05) is 37.0 Å². The van der Waals surface area contributed by atoms with Crippen LogP contribution in [0.2, 0.25) is 0 Å². The molecule has 2 aromatic rings. The standard InChI is InChI=1S/C15H16N2O3/c1-10-11-4-2-3-5-12(11)20-14(10)15(19)17-8-6-13(18)16-7-9-17/h2-5H,6-9H2,1H3,(H,16,18). The molecule has 1 aromatic heterocycles. The minimum Gasteiger partial charge on any atom is -0.451 e. The molecule has 1 saturated heterocycles. The van der Waals surface area contributed by atoms with Crippen molar-refractivity contribution in [3.63, 3.8) is 0 Å². The van der Waals surface area contributed by atoms with Crippen molar-refractivity contribution in [2.45, 2.75) is 13.3 Å². The van der Waals surface area contributed by atoms with Gasteiger partial charge in [0.1, 0.15) is 5.58 Å². The molecular formula is C15H16N2O3. The van der Waals surface area contributed by atoms with Crippen molar-refractivity contribution in [2.24, 2.45) is 0 Å². The molecule has 1 N–H and O–H groups in total. The molecule has 2 amide bonds. The largest absolute Gasteiger partial charge is 0.451 e. The zero-order valence-corrected chi connectivity index (χ0v) is 11.3. The third-order valence-corrected chi connectivity index (χ3v) is 3.64. The molecule has 0 radical (unpaired) electrons. The van der Waals surface area contributed by atoms with Crippen molar-refractivity contribution in [3.05, 3.63) is 35.6 Å². The highest BCUT2D eigenvalue weighted by Crippen LogP contribution is 2.26. The molecule has 1 aromatic carbocycles. The summed E-state index contributed by atoms with van der Waals surface area (Å²) in [6.45, 7) is 3.33. The van der Waals surface area contributed by atoms with Gasteiger partial charge < -0.3 is 14.6 Å². The average Bonchev–Trinajstić information content (AvgIpc) is 2.64. The summed E-state index contributed by atoms with van der Waals surface area (Å²) in [6.07, 6.45) is 0.338. The van der Waals surface area contributed by atoms with Crippen molar-refractivity contribution in [1.82, 2.24) is 10.2 Å². The van der Waals surface area contributed by atoms with Gasteiger partial charge in [0.2, 0.25) is 5.91 Å².